The van der Waals surface area contributed by atoms with Crippen LogP contribution in [0.2, 0.25) is 0 Å². The smallest absolute Gasteiger partial charge is 0.117 e. The Morgan fingerprint density at radius 3 is 2.67 bits per heavy atom. The SMILES string of the molecule is COCC(O)(c1cnccc1C)C(C)C. The number of nitrogens with zero attached hydrogens (tertiary/aromatic N) is 1. The molecular weight excluding hydrogens is 190 g/mol. The van der Waals surface area contributed by atoms with Crippen LogP contribution in [0.1, 0.15) is 25.0 Å². The van der Waals surface area contributed by atoms with Gasteiger partial charge in [0.25, 0.3) is 0 Å². The minimum atomic E-state index is -0.951. The number of aromatic nitrogens is 1. The molecule has 0 fully saturated rings. The van der Waals surface area contributed by atoms with Gasteiger partial charge in [-0.2, -0.15) is 0 Å². The highest BCUT2D eigenvalue weighted by Gasteiger charge is 2.34. The lowest BCUT2D eigenvalue weighted by atomic mass is 9.83. The highest BCUT2D eigenvalue weighted by Crippen LogP contribution is 2.31. The quantitative estimate of drug-likeness (QED) is 0.823. The van der Waals surface area contributed by atoms with Crippen LogP contribution >= 0.6 is 0 Å². The van der Waals surface area contributed by atoms with Gasteiger partial charge in [0.15, 0.2) is 0 Å². The summed E-state index contributed by atoms with van der Waals surface area (Å²) in [5, 5.41) is 10.6. The molecule has 0 spiro atoms. The van der Waals surface area contributed by atoms with E-state index in [0.29, 0.717) is 0 Å². The fourth-order valence-corrected chi connectivity index (χ4v) is 1.69. The Morgan fingerprint density at radius 1 is 1.53 bits per heavy atom. The summed E-state index contributed by atoms with van der Waals surface area (Å²) in [6.45, 7) is 6.22. The lowest BCUT2D eigenvalue weighted by Crippen LogP contribution is -2.37. The number of hydrogen-bond acceptors (Lipinski definition) is 3. The van der Waals surface area contributed by atoms with E-state index in [1.165, 1.54) is 0 Å². The zero-order valence-electron chi connectivity index (χ0n) is 9.82. The molecule has 0 aliphatic carbocycles. The molecule has 0 saturated heterocycles. The van der Waals surface area contributed by atoms with Gasteiger partial charge in [0.1, 0.15) is 5.60 Å². The van der Waals surface area contributed by atoms with Crippen molar-refractivity contribution in [2.24, 2.45) is 5.92 Å². The van der Waals surface area contributed by atoms with E-state index in [4.69, 9.17) is 4.74 Å². The van der Waals surface area contributed by atoms with Gasteiger partial charge in [0.2, 0.25) is 0 Å². The molecule has 1 heterocycles. The molecule has 3 nitrogen and oxygen atoms in total. The molecule has 15 heavy (non-hydrogen) atoms. The zero-order chi connectivity index (χ0) is 11.5. The highest BCUT2D eigenvalue weighted by molar-refractivity contribution is 5.28. The number of ether oxygens (including phenoxy) is 1. The van der Waals surface area contributed by atoms with Crippen LogP contribution in [0.15, 0.2) is 18.5 Å². The van der Waals surface area contributed by atoms with E-state index in [0.717, 1.165) is 11.1 Å². The van der Waals surface area contributed by atoms with Gasteiger partial charge in [-0.3, -0.25) is 4.98 Å². The summed E-state index contributed by atoms with van der Waals surface area (Å²) in [6.07, 6.45) is 3.45. The molecule has 3 heteroatoms. The van der Waals surface area contributed by atoms with Gasteiger partial charge < -0.3 is 9.84 Å². The van der Waals surface area contributed by atoms with Crippen molar-refractivity contribution in [3.8, 4) is 0 Å². The largest absolute Gasteiger partial charge is 0.382 e. The number of aryl methyl sites for hydroxylation is 1. The Labute approximate surface area is 91.1 Å². The topological polar surface area (TPSA) is 42.4 Å². The van der Waals surface area contributed by atoms with E-state index < -0.39 is 5.60 Å². The summed E-state index contributed by atoms with van der Waals surface area (Å²) in [5.74, 6) is 0.0837. The van der Waals surface area contributed by atoms with Crippen LogP contribution in [-0.4, -0.2) is 23.8 Å². The highest BCUT2D eigenvalue weighted by atomic mass is 16.5. The average Bonchev–Trinajstić information content (AvgIpc) is 2.18. The number of pyridine rings is 1. The van der Waals surface area contributed by atoms with Crippen LogP contribution < -0.4 is 0 Å². The molecule has 84 valence electrons. The second-order valence-corrected chi connectivity index (χ2v) is 4.20. The van der Waals surface area contributed by atoms with Gasteiger partial charge in [0, 0.05) is 25.1 Å². The summed E-state index contributed by atoms with van der Waals surface area (Å²) in [7, 11) is 1.60. The Balaban J connectivity index is 3.15. The van der Waals surface area contributed by atoms with Gasteiger partial charge in [-0.25, -0.2) is 0 Å². The first-order valence-electron chi connectivity index (χ1n) is 5.14. The molecule has 0 saturated carbocycles. The van der Waals surface area contributed by atoms with Gasteiger partial charge in [-0.05, 0) is 24.5 Å². The maximum absolute atomic E-state index is 10.6. The van der Waals surface area contributed by atoms with E-state index >= 15 is 0 Å². The lowest BCUT2D eigenvalue weighted by Gasteiger charge is -2.32. The second kappa shape index (κ2) is 4.73. The van der Waals surface area contributed by atoms with Crippen LogP contribution in [0.4, 0.5) is 0 Å². The maximum atomic E-state index is 10.6. The first-order valence-corrected chi connectivity index (χ1v) is 5.14. The first kappa shape index (κ1) is 12.1. The third-order valence-electron chi connectivity index (χ3n) is 2.82. The Morgan fingerprint density at radius 2 is 2.20 bits per heavy atom. The molecule has 1 rings (SSSR count). The van der Waals surface area contributed by atoms with Crippen LogP contribution in [0.5, 0.6) is 0 Å². The number of methoxy groups -OCH3 is 1. The van der Waals surface area contributed by atoms with Crippen molar-refractivity contribution in [3.63, 3.8) is 0 Å². The Hall–Kier alpha value is -0.930. The van der Waals surface area contributed by atoms with E-state index in [-0.39, 0.29) is 12.5 Å². The van der Waals surface area contributed by atoms with E-state index in [9.17, 15) is 5.11 Å². The third-order valence-corrected chi connectivity index (χ3v) is 2.82. The lowest BCUT2D eigenvalue weighted by molar-refractivity contribution is -0.0706. The minimum Gasteiger partial charge on any atom is -0.382 e. The monoisotopic (exact) mass is 209 g/mol. The predicted octanol–water partition coefficient (Wildman–Crippen LogP) is 1.88. The first-order chi connectivity index (χ1) is 7.02. The Bertz CT molecular complexity index is 325. The normalized spacial score (nSPS) is 15.3. The van der Waals surface area contributed by atoms with Crippen molar-refractivity contribution in [3.05, 3.63) is 29.6 Å². The van der Waals surface area contributed by atoms with Gasteiger partial charge in [-0.1, -0.05) is 13.8 Å². The number of aliphatic hydroxyl groups is 1. The van der Waals surface area contributed by atoms with Crippen molar-refractivity contribution in [1.82, 2.24) is 4.98 Å². The van der Waals surface area contributed by atoms with Crippen molar-refractivity contribution in [2.45, 2.75) is 26.4 Å². The molecule has 1 N–H and O–H groups in total. The fourth-order valence-electron chi connectivity index (χ4n) is 1.69. The third kappa shape index (κ3) is 2.36. The van der Waals surface area contributed by atoms with Gasteiger partial charge >= 0.3 is 0 Å². The van der Waals surface area contributed by atoms with Gasteiger partial charge in [-0.15, -0.1) is 0 Å². The second-order valence-electron chi connectivity index (χ2n) is 4.20. The molecular formula is C12H19NO2. The van der Waals surface area contributed by atoms with E-state index in [1.54, 1.807) is 19.5 Å². The standard InChI is InChI=1S/C12H19NO2/c1-9(2)12(14,8-15-4)11-7-13-6-5-10(11)3/h5-7,9,14H,8H2,1-4H3. The van der Waals surface area contributed by atoms with E-state index in [1.807, 2.05) is 26.8 Å². The van der Waals surface area contributed by atoms with Crippen molar-refractivity contribution >= 4 is 0 Å². The van der Waals surface area contributed by atoms with Crippen molar-refractivity contribution in [1.29, 1.82) is 0 Å². The average molecular weight is 209 g/mol. The summed E-state index contributed by atoms with van der Waals surface area (Å²) in [4.78, 5) is 4.06. The number of rotatable bonds is 4. The molecule has 0 bridgehead atoms. The molecule has 1 atom stereocenters. The molecule has 1 unspecified atom stereocenters. The van der Waals surface area contributed by atoms with Crippen LogP contribution in [-0.2, 0) is 10.3 Å². The van der Waals surface area contributed by atoms with Crippen molar-refractivity contribution in [2.75, 3.05) is 13.7 Å². The molecule has 1 aromatic heterocycles. The minimum absolute atomic E-state index is 0.0837. The predicted molar refractivity (Wildman–Crippen MR) is 59.6 cm³/mol. The molecule has 0 aliphatic heterocycles. The van der Waals surface area contributed by atoms with Crippen molar-refractivity contribution < 1.29 is 9.84 Å². The molecule has 0 aliphatic rings. The molecule has 0 radical (unpaired) electrons. The maximum Gasteiger partial charge on any atom is 0.117 e. The molecule has 1 aromatic rings. The molecule has 0 aromatic carbocycles. The summed E-state index contributed by atoms with van der Waals surface area (Å²) < 4.78 is 5.10. The summed E-state index contributed by atoms with van der Waals surface area (Å²) in [6, 6.07) is 1.90. The van der Waals surface area contributed by atoms with E-state index in [2.05, 4.69) is 4.98 Å². The van der Waals surface area contributed by atoms with Crippen LogP contribution in [0.3, 0.4) is 0 Å². The Kier molecular flexibility index (Phi) is 3.83. The summed E-state index contributed by atoms with van der Waals surface area (Å²) >= 11 is 0. The number of hydrogen-bond donors (Lipinski definition) is 1. The van der Waals surface area contributed by atoms with Crippen LogP contribution in [0, 0.1) is 12.8 Å². The summed E-state index contributed by atoms with van der Waals surface area (Å²) in [5.41, 5.74) is 0.938. The fraction of sp³-hybridized carbons (Fsp3) is 0.583. The van der Waals surface area contributed by atoms with Crippen LogP contribution in [0.25, 0.3) is 0 Å². The zero-order valence-corrected chi connectivity index (χ0v) is 9.82. The van der Waals surface area contributed by atoms with Gasteiger partial charge in [0.05, 0.1) is 6.61 Å². The molecule has 0 amide bonds.